The maximum Gasteiger partial charge on any atom is 0.307 e. The van der Waals surface area contributed by atoms with Gasteiger partial charge in [-0.15, -0.1) is 0 Å². The average Bonchev–Trinajstić information content (AvgIpc) is 3.04. The minimum atomic E-state index is -0.822. The van der Waals surface area contributed by atoms with Gasteiger partial charge in [0.05, 0.1) is 11.8 Å². The van der Waals surface area contributed by atoms with Crippen molar-refractivity contribution in [3.05, 3.63) is 12.2 Å². The van der Waals surface area contributed by atoms with Gasteiger partial charge in [-0.3, -0.25) is 9.59 Å². The molecule has 0 aromatic carbocycles. The second-order valence-corrected chi connectivity index (χ2v) is 7.22. The van der Waals surface area contributed by atoms with E-state index >= 15 is 0 Å². The third-order valence-corrected chi connectivity index (χ3v) is 6.08. The van der Waals surface area contributed by atoms with Crippen molar-refractivity contribution >= 4 is 11.9 Å². The molecule has 0 aromatic rings. The van der Waals surface area contributed by atoms with E-state index < -0.39 is 11.9 Å². The van der Waals surface area contributed by atoms with Gasteiger partial charge in [-0.25, -0.2) is 0 Å². The summed E-state index contributed by atoms with van der Waals surface area (Å²) < 4.78 is 0. The lowest BCUT2D eigenvalue weighted by atomic mass is 9.77. The van der Waals surface area contributed by atoms with Gasteiger partial charge in [-0.1, -0.05) is 38.8 Å². The molecule has 2 fully saturated rings. The summed E-state index contributed by atoms with van der Waals surface area (Å²) in [5.41, 5.74) is 0. The van der Waals surface area contributed by atoms with Crippen molar-refractivity contribution in [1.82, 2.24) is 5.32 Å². The summed E-state index contributed by atoms with van der Waals surface area (Å²) in [5.74, 6) is -0.502. The molecule has 2 bridgehead atoms. The SMILES string of the molecule is C[C@@H]1[C@H](C)CCC[C@H]1NC(=O)[C@H]1[C@@H](C(=O)O)[C@H]2C=C[C@@H]1C2. The second kappa shape index (κ2) is 5.47. The first kappa shape index (κ1) is 14.6. The molecule has 1 amide bonds. The highest BCUT2D eigenvalue weighted by Crippen LogP contribution is 2.48. The largest absolute Gasteiger partial charge is 0.481 e. The summed E-state index contributed by atoms with van der Waals surface area (Å²) in [4.78, 5) is 24.2. The smallest absolute Gasteiger partial charge is 0.307 e. The molecule has 21 heavy (non-hydrogen) atoms. The van der Waals surface area contributed by atoms with E-state index in [1.54, 1.807) is 0 Å². The van der Waals surface area contributed by atoms with E-state index in [-0.39, 0.29) is 29.7 Å². The molecule has 0 heterocycles. The Morgan fingerprint density at radius 1 is 1.10 bits per heavy atom. The second-order valence-electron chi connectivity index (χ2n) is 7.22. The molecule has 0 unspecified atom stereocenters. The monoisotopic (exact) mass is 291 g/mol. The molecule has 116 valence electrons. The van der Waals surface area contributed by atoms with E-state index in [2.05, 4.69) is 19.2 Å². The number of allylic oxidation sites excluding steroid dienone is 2. The van der Waals surface area contributed by atoms with Crippen molar-refractivity contribution < 1.29 is 14.7 Å². The van der Waals surface area contributed by atoms with Crippen molar-refractivity contribution in [3.63, 3.8) is 0 Å². The summed E-state index contributed by atoms with van der Waals surface area (Å²) in [6, 6.07) is 0.207. The molecule has 0 radical (unpaired) electrons. The number of amides is 1. The topological polar surface area (TPSA) is 66.4 Å². The van der Waals surface area contributed by atoms with Crippen LogP contribution in [0.2, 0.25) is 0 Å². The quantitative estimate of drug-likeness (QED) is 0.785. The van der Waals surface area contributed by atoms with Crippen LogP contribution in [0.25, 0.3) is 0 Å². The Hall–Kier alpha value is -1.32. The maximum atomic E-state index is 12.7. The molecule has 2 saturated carbocycles. The third kappa shape index (κ3) is 2.49. The van der Waals surface area contributed by atoms with Crippen LogP contribution < -0.4 is 5.32 Å². The predicted molar refractivity (Wildman–Crippen MR) is 79.5 cm³/mol. The first-order valence-corrected chi connectivity index (χ1v) is 8.20. The number of carbonyl (C=O) groups excluding carboxylic acids is 1. The molecule has 2 N–H and O–H groups in total. The molecule has 7 atom stereocenters. The molecule has 0 aromatic heterocycles. The van der Waals surface area contributed by atoms with Crippen LogP contribution in [0.5, 0.6) is 0 Å². The van der Waals surface area contributed by atoms with Crippen LogP contribution in [0.3, 0.4) is 0 Å². The van der Waals surface area contributed by atoms with Gasteiger partial charge in [-0.05, 0) is 36.5 Å². The van der Waals surface area contributed by atoms with Crippen molar-refractivity contribution in [2.24, 2.45) is 35.5 Å². The number of carboxylic acid groups (broad SMARTS) is 1. The van der Waals surface area contributed by atoms with Crippen LogP contribution >= 0.6 is 0 Å². The van der Waals surface area contributed by atoms with Crippen molar-refractivity contribution in [2.45, 2.75) is 45.6 Å². The van der Waals surface area contributed by atoms with E-state index in [9.17, 15) is 14.7 Å². The minimum absolute atomic E-state index is 0.0369. The van der Waals surface area contributed by atoms with E-state index in [0.29, 0.717) is 11.8 Å². The molecular formula is C17H25NO3. The summed E-state index contributed by atoms with van der Waals surface area (Å²) >= 11 is 0. The number of carbonyl (C=O) groups is 2. The van der Waals surface area contributed by atoms with E-state index in [1.807, 2.05) is 12.2 Å². The van der Waals surface area contributed by atoms with Crippen molar-refractivity contribution in [2.75, 3.05) is 0 Å². The number of fused-ring (bicyclic) bond motifs is 2. The zero-order chi connectivity index (χ0) is 15.1. The number of nitrogens with one attached hydrogen (secondary N) is 1. The highest BCUT2D eigenvalue weighted by atomic mass is 16.4. The zero-order valence-corrected chi connectivity index (χ0v) is 12.8. The van der Waals surface area contributed by atoms with E-state index in [1.165, 1.54) is 6.42 Å². The molecule has 0 saturated heterocycles. The molecule has 4 nitrogen and oxygen atoms in total. The van der Waals surface area contributed by atoms with Gasteiger partial charge in [0.25, 0.3) is 0 Å². The number of carboxylic acids is 1. The van der Waals surface area contributed by atoms with Gasteiger partial charge in [-0.2, -0.15) is 0 Å². The van der Waals surface area contributed by atoms with E-state index in [4.69, 9.17) is 0 Å². The van der Waals surface area contributed by atoms with Crippen LogP contribution in [0.15, 0.2) is 12.2 Å². The maximum absolute atomic E-state index is 12.7. The lowest BCUT2D eigenvalue weighted by molar-refractivity contribution is -0.148. The summed E-state index contributed by atoms with van der Waals surface area (Å²) in [6.07, 6.45) is 8.24. The molecular weight excluding hydrogens is 266 g/mol. The Balaban J connectivity index is 1.70. The Bertz CT molecular complexity index is 473. The normalized spacial score (nSPS) is 44.8. The highest BCUT2D eigenvalue weighted by Gasteiger charge is 2.52. The highest BCUT2D eigenvalue weighted by molar-refractivity contribution is 5.87. The Kier molecular flexibility index (Phi) is 3.80. The van der Waals surface area contributed by atoms with Gasteiger partial charge in [0, 0.05) is 6.04 Å². The minimum Gasteiger partial charge on any atom is -0.481 e. The lowest BCUT2D eigenvalue weighted by Gasteiger charge is -2.36. The van der Waals surface area contributed by atoms with Crippen LogP contribution in [-0.2, 0) is 9.59 Å². The number of hydrogen-bond donors (Lipinski definition) is 2. The molecule has 3 aliphatic rings. The number of rotatable bonds is 3. The number of hydrogen-bond acceptors (Lipinski definition) is 2. The summed E-state index contributed by atoms with van der Waals surface area (Å²) in [5, 5.41) is 12.6. The van der Waals surface area contributed by atoms with Crippen LogP contribution in [-0.4, -0.2) is 23.0 Å². The van der Waals surface area contributed by atoms with Gasteiger partial charge in [0.2, 0.25) is 5.91 Å². The predicted octanol–water partition coefficient (Wildman–Crippen LogP) is 2.45. The Morgan fingerprint density at radius 3 is 2.43 bits per heavy atom. The lowest BCUT2D eigenvalue weighted by Crippen LogP contribution is -2.48. The van der Waals surface area contributed by atoms with Gasteiger partial charge in [0.15, 0.2) is 0 Å². The van der Waals surface area contributed by atoms with Crippen LogP contribution in [0.4, 0.5) is 0 Å². The molecule has 4 heteroatoms. The number of aliphatic carboxylic acids is 1. The summed E-state index contributed by atoms with van der Waals surface area (Å²) in [6.45, 7) is 4.44. The van der Waals surface area contributed by atoms with Crippen molar-refractivity contribution in [3.8, 4) is 0 Å². The Labute approximate surface area is 126 Å². The molecule has 3 rings (SSSR count). The molecule has 0 aliphatic heterocycles. The van der Waals surface area contributed by atoms with E-state index in [0.717, 1.165) is 19.3 Å². The first-order valence-electron chi connectivity index (χ1n) is 8.20. The van der Waals surface area contributed by atoms with Gasteiger partial charge in [0.1, 0.15) is 0 Å². The zero-order valence-electron chi connectivity index (χ0n) is 12.8. The average molecular weight is 291 g/mol. The Morgan fingerprint density at radius 2 is 1.76 bits per heavy atom. The fourth-order valence-electron chi connectivity index (χ4n) is 4.58. The standard InChI is InChI=1S/C17H25NO3/c1-9-4-3-5-13(10(9)2)18-16(19)14-11-6-7-12(8-11)15(14)17(20)21/h6-7,9-15H,3-5,8H2,1-2H3,(H,18,19)(H,20,21)/t9-,10-,11-,12+,13-,14-,15+/m1/s1. The fraction of sp³-hybridized carbons (Fsp3) is 0.765. The van der Waals surface area contributed by atoms with Crippen molar-refractivity contribution in [1.29, 1.82) is 0 Å². The molecule has 0 spiro atoms. The third-order valence-electron chi connectivity index (χ3n) is 6.08. The van der Waals surface area contributed by atoms with Gasteiger partial charge < -0.3 is 10.4 Å². The fourth-order valence-corrected chi connectivity index (χ4v) is 4.58. The molecule has 3 aliphatic carbocycles. The first-order chi connectivity index (χ1) is 9.99. The summed E-state index contributed by atoms with van der Waals surface area (Å²) in [7, 11) is 0. The van der Waals surface area contributed by atoms with Crippen LogP contribution in [0.1, 0.15) is 39.5 Å². The van der Waals surface area contributed by atoms with Gasteiger partial charge >= 0.3 is 5.97 Å². The van der Waals surface area contributed by atoms with Crippen LogP contribution in [0, 0.1) is 35.5 Å².